The Morgan fingerprint density at radius 2 is 2.00 bits per heavy atom. The minimum atomic E-state index is 0. The van der Waals surface area contributed by atoms with Gasteiger partial charge in [-0.2, -0.15) is 0 Å². The van der Waals surface area contributed by atoms with E-state index in [9.17, 15) is 4.79 Å². The van der Waals surface area contributed by atoms with Crippen LogP contribution in [-0.4, -0.2) is 33.4 Å². The number of amidine groups is 1. The summed E-state index contributed by atoms with van der Waals surface area (Å²) in [6, 6.07) is 7.51. The van der Waals surface area contributed by atoms with Crippen LogP contribution in [0.25, 0.3) is 10.9 Å². The number of nitrogens with zero attached hydrogens (tertiary/aromatic N) is 4. The summed E-state index contributed by atoms with van der Waals surface area (Å²) in [4.78, 5) is 23.9. The molecule has 21 heavy (non-hydrogen) atoms. The normalized spacial score (nSPS) is 15.9. The number of aliphatic imine (C=N–C) groups is 1. The Hall–Kier alpha value is -1.88. The Kier molecular flexibility index (Phi) is 4.63. The molecule has 0 bridgehead atoms. The third-order valence-electron chi connectivity index (χ3n) is 3.66. The lowest BCUT2D eigenvalue weighted by Gasteiger charge is -2.31. The van der Waals surface area contributed by atoms with E-state index in [1.54, 1.807) is 4.57 Å². The van der Waals surface area contributed by atoms with Gasteiger partial charge in [0.2, 0.25) is 0 Å². The van der Waals surface area contributed by atoms with Gasteiger partial charge in [0.1, 0.15) is 11.7 Å². The zero-order valence-electron chi connectivity index (χ0n) is 12.2. The molecule has 2 heterocycles. The van der Waals surface area contributed by atoms with Crippen LogP contribution in [0.3, 0.4) is 0 Å². The van der Waals surface area contributed by atoms with E-state index in [1.165, 1.54) is 0 Å². The Morgan fingerprint density at radius 3 is 2.71 bits per heavy atom. The third-order valence-corrected chi connectivity index (χ3v) is 3.66. The standard InChI is InChI=1S/C15H18N4O.ClH/c1-3-16-13-10-19-14(9-18(13)4-2)17-12-8-6-5-7-11(12)15(19)20;/h5-8H,3-4,9-10H2,1-2H3;1H. The average molecular weight is 307 g/mol. The molecule has 1 aliphatic heterocycles. The molecule has 2 aromatic rings. The number of hydrogen-bond acceptors (Lipinski definition) is 3. The van der Waals surface area contributed by atoms with Crippen LogP contribution in [0.1, 0.15) is 19.7 Å². The van der Waals surface area contributed by atoms with E-state index in [0.717, 1.165) is 30.3 Å². The SMILES string of the molecule is CCN=C1Cn2c(nc3ccccc3c2=O)CN1CC.Cl. The van der Waals surface area contributed by atoms with E-state index in [-0.39, 0.29) is 18.0 Å². The number of para-hydroxylation sites is 1. The van der Waals surface area contributed by atoms with Crippen LogP contribution < -0.4 is 5.56 Å². The van der Waals surface area contributed by atoms with Crippen LogP contribution in [0, 0.1) is 0 Å². The number of hydrogen-bond donors (Lipinski definition) is 0. The predicted molar refractivity (Wildman–Crippen MR) is 87.3 cm³/mol. The van der Waals surface area contributed by atoms with Gasteiger partial charge in [-0.25, -0.2) is 4.98 Å². The highest BCUT2D eigenvalue weighted by molar-refractivity contribution is 5.85. The van der Waals surface area contributed by atoms with Gasteiger partial charge in [0.15, 0.2) is 0 Å². The van der Waals surface area contributed by atoms with E-state index in [4.69, 9.17) is 0 Å². The first-order valence-electron chi connectivity index (χ1n) is 7.01. The maximum absolute atomic E-state index is 12.6. The molecule has 1 aromatic heterocycles. The maximum atomic E-state index is 12.6. The fourth-order valence-corrected chi connectivity index (χ4v) is 2.63. The van der Waals surface area contributed by atoms with Crippen LogP contribution in [0.4, 0.5) is 0 Å². The fraction of sp³-hybridized carbons (Fsp3) is 0.400. The molecule has 0 aliphatic carbocycles. The minimum absolute atomic E-state index is 0. The van der Waals surface area contributed by atoms with Crippen molar-refractivity contribution in [3.63, 3.8) is 0 Å². The third kappa shape index (κ3) is 2.65. The average Bonchev–Trinajstić information content (AvgIpc) is 2.48. The second-order valence-corrected chi connectivity index (χ2v) is 4.84. The molecule has 112 valence electrons. The topological polar surface area (TPSA) is 50.5 Å². The zero-order valence-corrected chi connectivity index (χ0v) is 13.1. The van der Waals surface area contributed by atoms with Crippen LogP contribution in [0.2, 0.25) is 0 Å². The van der Waals surface area contributed by atoms with Crippen molar-refractivity contribution >= 4 is 29.1 Å². The molecule has 3 rings (SSSR count). The summed E-state index contributed by atoms with van der Waals surface area (Å²) in [5.41, 5.74) is 0.806. The van der Waals surface area contributed by atoms with E-state index in [0.29, 0.717) is 18.5 Å². The molecule has 0 unspecified atom stereocenters. The molecule has 5 nitrogen and oxygen atoms in total. The van der Waals surface area contributed by atoms with Gasteiger partial charge in [-0.1, -0.05) is 12.1 Å². The van der Waals surface area contributed by atoms with Crippen molar-refractivity contribution < 1.29 is 0 Å². The summed E-state index contributed by atoms with van der Waals surface area (Å²) in [6.45, 7) is 6.89. The first-order chi connectivity index (χ1) is 9.74. The molecule has 0 saturated heterocycles. The largest absolute Gasteiger partial charge is 0.352 e. The van der Waals surface area contributed by atoms with E-state index in [2.05, 4.69) is 21.8 Å². The molecular formula is C15H19ClN4O. The zero-order chi connectivity index (χ0) is 14.1. The van der Waals surface area contributed by atoms with E-state index >= 15 is 0 Å². The van der Waals surface area contributed by atoms with Gasteiger partial charge in [0.25, 0.3) is 5.56 Å². The Bertz CT molecular complexity index is 738. The number of halogens is 1. The number of benzene rings is 1. The monoisotopic (exact) mass is 306 g/mol. The highest BCUT2D eigenvalue weighted by Crippen LogP contribution is 2.14. The summed E-state index contributed by atoms with van der Waals surface area (Å²) in [5.74, 6) is 1.80. The van der Waals surface area contributed by atoms with Crippen molar-refractivity contribution in [2.75, 3.05) is 13.1 Å². The Balaban J connectivity index is 0.00000161. The quantitative estimate of drug-likeness (QED) is 0.853. The van der Waals surface area contributed by atoms with E-state index < -0.39 is 0 Å². The van der Waals surface area contributed by atoms with Crippen molar-refractivity contribution in [2.45, 2.75) is 26.9 Å². The summed E-state index contributed by atoms with van der Waals surface area (Å²) in [5, 5.41) is 0.678. The van der Waals surface area contributed by atoms with Crippen LogP contribution in [0.15, 0.2) is 34.1 Å². The lowest BCUT2D eigenvalue weighted by molar-refractivity contribution is 0.369. The van der Waals surface area contributed by atoms with Crippen LogP contribution in [-0.2, 0) is 13.1 Å². The van der Waals surface area contributed by atoms with Crippen molar-refractivity contribution in [3.8, 4) is 0 Å². The first kappa shape index (κ1) is 15.5. The van der Waals surface area contributed by atoms with Gasteiger partial charge < -0.3 is 4.90 Å². The fourth-order valence-electron chi connectivity index (χ4n) is 2.63. The molecular weight excluding hydrogens is 288 g/mol. The highest BCUT2D eigenvalue weighted by atomic mass is 35.5. The highest BCUT2D eigenvalue weighted by Gasteiger charge is 2.22. The second-order valence-electron chi connectivity index (χ2n) is 4.84. The Morgan fingerprint density at radius 1 is 1.24 bits per heavy atom. The lowest BCUT2D eigenvalue weighted by atomic mass is 10.2. The molecule has 0 N–H and O–H groups in total. The predicted octanol–water partition coefficient (Wildman–Crippen LogP) is 2.07. The van der Waals surface area contributed by atoms with Crippen LogP contribution in [0.5, 0.6) is 0 Å². The van der Waals surface area contributed by atoms with Crippen molar-refractivity contribution in [3.05, 3.63) is 40.4 Å². The molecule has 1 aliphatic rings. The van der Waals surface area contributed by atoms with Gasteiger partial charge in [0, 0.05) is 13.1 Å². The Labute approximate surface area is 129 Å². The van der Waals surface area contributed by atoms with Gasteiger partial charge in [-0.05, 0) is 26.0 Å². The van der Waals surface area contributed by atoms with E-state index in [1.807, 2.05) is 31.2 Å². The summed E-state index contributed by atoms with van der Waals surface area (Å²) in [7, 11) is 0. The molecule has 1 aromatic carbocycles. The van der Waals surface area contributed by atoms with Gasteiger partial charge >= 0.3 is 0 Å². The second kappa shape index (κ2) is 6.26. The van der Waals surface area contributed by atoms with Crippen molar-refractivity contribution in [1.29, 1.82) is 0 Å². The summed E-state index contributed by atoms with van der Waals surface area (Å²) >= 11 is 0. The lowest BCUT2D eigenvalue weighted by Crippen LogP contribution is -2.44. The number of rotatable bonds is 2. The molecule has 0 spiro atoms. The van der Waals surface area contributed by atoms with Gasteiger partial charge in [0.05, 0.1) is 24.0 Å². The molecule has 0 radical (unpaired) electrons. The summed E-state index contributed by atoms with van der Waals surface area (Å²) < 4.78 is 1.75. The molecule has 0 amide bonds. The molecule has 0 atom stereocenters. The summed E-state index contributed by atoms with van der Waals surface area (Å²) in [6.07, 6.45) is 0. The maximum Gasteiger partial charge on any atom is 0.261 e. The van der Waals surface area contributed by atoms with Gasteiger partial charge in [-0.15, -0.1) is 12.4 Å². The number of aromatic nitrogens is 2. The molecule has 0 fully saturated rings. The number of fused-ring (bicyclic) bond motifs is 2. The number of likely N-dealkylation sites (N-methyl/N-ethyl adjacent to an activating group) is 1. The van der Waals surface area contributed by atoms with Crippen LogP contribution >= 0.6 is 12.4 Å². The van der Waals surface area contributed by atoms with Crippen molar-refractivity contribution in [2.24, 2.45) is 4.99 Å². The first-order valence-corrected chi connectivity index (χ1v) is 7.01. The minimum Gasteiger partial charge on any atom is -0.352 e. The van der Waals surface area contributed by atoms with Gasteiger partial charge in [-0.3, -0.25) is 14.4 Å². The smallest absolute Gasteiger partial charge is 0.261 e. The molecule has 6 heteroatoms. The van der Waals surface area contributed by atoms with Crippen molar-refractivity contribution in [1.82, 2.24) is 14.5 Å². The molecule has 0 saturated carbocycles.